The van der Waals surface area contributed by atoms with Crippen molar-refractivity contribution < 1.29 is 31.4 Å². The molecule has 3 atom stereocenters. The van der Waals surface area contributed by atoms with Gasteiger partial charge in [-0.3, -0.25) is 0 Å². The molecule has 0 radical (unpaired) electrons. The topological polar surface area (TPSA) is 18.5 Å². The van der Waals surface area contributed by atoms with E-state index in [1.54, 1.807) is 32.1 Å². The van der Waals surface area contributed by atoms with E-state index in [-0.39, 0.29) is 42.6 Å². The molecular formula is C27H27F5O2. The van der Waals surface area contributed by atoms with E-state index in [4.69, 9.17) is 9.47 Å². The van der Waals surface area contributed by atoms with Crippen LogP contribution >= 0.6 is 0 Å². The Hall–Kier alpha value is -2.67. The predicted octanol–water partition coefficient (Wildman–Crippen LogP) is 7.32. The Kier molecular flexibility index (Phi) is 6.85. The van der Waals surface area contributed by atoms with Crippen molar-refractivity contribution in [2.45, 2.75) is 58.0 Å². The summed E-state index contributed by atoms with van der Waals surface area (Å²) < 4.78 is 86.1. The van der Waals surface area contributed by atoms with Crippen molar-refractivity contribution >= 4 is 5.57 Å². The van der Waals surface area contributed by atoms with Crippen LogP contribution in [-0.2, 0) is 17.6 Å². The van der Waals surface area contributed by atoms with Crippen LogP contribution in [-0.4, -0.2) is 25.0 Å². The molecule has 182 valence electrons. The largest absolute Gasteiger partial charge is 0.494 e. The van der Waals surface area contributed by atoms with Crippen LogP contribution in [0.15, 0.2) is 47.8 Å². The summed E-state index contributed by atoms with van der Waals surface area (Å²) >= 11 is 0. The number of fused-ring (bicyclic) bond motifs is 3. The molecule has 0 aliphatic heterocycles. The zero-order chi connectivity index (χ0) is 24.6. The fourth-order valence-corrected chi connectivity index (χ4v) is 4.75. The van der Waals surface area contributed by atoms with Crippen molar-refractivity contribution in [3.8, 4) is 5.75 Å². The van der Waals surface area contributed by atoms with Crippen molar-refractivity contribution in [3.05, 3.63) is 81.7 Å². The first kappa shape index (κ1) is 24.5. The van der Waals surface area contributed by atoms with Crippen LogP contribution in [0, 0.1) is 11.6 Å². The summed E-state index contributed by atoms with van der Waals surface area (Å²) in [6, 6.07) is 7.42. The van der Waals surface area contributed by atoms with E-state index in [9.17, 15) is 4.39 Å². The van der Waals surface area contributed by atoms with E-state index in [1.807, 2.05) is 0 Å². The van der Waals surface area contributed by atoms with E-state index in [0.29, 0.717) is 17.9 Å². The number of allylic oxidation sites excluding steroid dienone is 2. The smallest absolute Gasteiger partial charge is 0.164 e. The Balaban J connectivity index is 1.65. The van der Waals surface area contributed by atoms with E-state index in [1.165, 1.54) is 25.1 Å². The summed E-state index contributed by atoms with van der Waals surface area (Å²) in [6.07, 6.45) is -2.76. The molecule has 0 amide bonds. The zero-order valence-corrected chi connectivity index (χ0v) is 19.4. The first-order chi connectivity index (χ1) is 16.2. The number of hydrogen-bond acceptors (Lipinski definition) is 2. The molecule has 0 heterocycles. The molecule has 2 aromatic carbocycles. The Bertz CT molecular complexity index is 1160. The lowest BCUT2D eigenvalue weighted by Crippen LogP contribution is -2.36. The average Bonchev–Trinajstić information content (AvgIpc) is 2.80. The molecule has 2 nitrogen and oxygen atoms in total. The molecule has 34 heavy (non-hydrogen) atoms. The van der Waals surface area contributed by atoms with Gasteiger partial charge in [-0.1, -0.05) is 24.3 Å². The second-order valence-corrected chi connectivity index (χ2v) is 8.70. The third-order valence-corrected chi connectivity index (χ3v) is 6.51. The second kappa shape index (κ2) is 9.53. The minimum atomic E-state index is -2.36. The summed E-state index contributed by atoms with van der Waals surface area (Å²) in [5.41, 5.74) is -1.41. The van der Waals surface area contributed by atoms with Gasteiger partial charge in [0.2, 0.25) is 0 Å². The van der Waals surface area contributed by atoms with E-state index < -0.39 is 46.5 Å². The molecule has 0 saturated carbocycles. The SMILES string of the molecule is CCOc1ccc(CCc2ccc3c(c2F)C(F)C(F)C2=C(F)C(C)(OCC)CC=C23)c(F)c1. The van der Waals surface area contributed by atoms with Gasteiger partial charge in [-0.2, -0.15) is 0 Å². The molecule has 0 saturated heterocycles. The maximum Gasteiger partial charge on any atom is 0.164 e. The van der Waals surface area contributed by atoms with Crippen molar-refractivity contribution in [3.63, 3.8) is 0 Å². The van der Waals surface area contributed by atoms with Crippen molar-refractivity contribution in [2.24, 2.45) is 0 Å². The molecule has 0 fully saturated rings. The number of hydrogen-bond donors (Lipinski definition) is 0. The third kappa shape index (κ3) is 4.15. The molecular weight excluding hydrogens is 451 g/mol. The molecule has 2 aliphatic rings. The van der Waals surface area contributed by atoms with Gasteiger partial charge in [-0.15, -0.1) is 0 Å². The molecule has 0 bridgehead atoms. The maximum absolute atomic E-state index is 15.4. The van der Waals surface area contributed by atoms with E-state index in [2.05, 4.69) is 0 Å². The van der Waals surface area contributed by atoms with Gasteiger partial charge in [0.05, 0.1) is 6.61 Å². The molecule has 3 unspecified atom stereocenters. The molecule has 0 aromatic heterocycles. The van der Waals surface area contributed by atoms with Gasteiger partial charge < -0.3 is 9.47 Å². The summed E-state index contributed by atoms with van der Waals surface area (Å²) in [5, 5.41) is 0. The standard InChI is InChI=1S/C27H27F5O2/c1-4-33-17-10-8-15(20(28)14-17)6-7-16-9-11-18-19-12-13-27(3,34-5-2)26(32)22(19)25(31)24(30)21(18)23(16)29/h8-12,14,24-25H,4-7,13H2,1-3H3. The first-order valence-corrected chi connectivity index (χ1v) is 11.5. The Morgan fingerprint density at radius 3 is 2.32 bits per heavy atom. The fourth-order valence-electron chi connectivity index (χ4n) is 4.75. The quantitative estimate of drug-likeness (QED) is 0.388. The Morgan fingerprint density at radius 2 is 1.65 bits per heavy atom. The van der Waals surface area contributed by atoms with Crippen LogP contribution < -0.4 is 4.74 Å². The maximum atomic E-state index is 15.4. The Morgan fingerprint density at radius 1 is 0.941 bits per heavy atom. The van der Waals surface area contributed by atoms with Crippen LogP contribution in [0.5, 0.6) is 5.75 Å². The highest BCUT2D eigenvalue weighted by Crippen LogP contribution is 2.51. The van der Waals surface area contributed by atoms with Crippen LogP contribution in [0.25, 0.3) is 5.57 Å². The number of alkyl halides is 2. The van der Waals surface area contributed by atoms with Crippen LogP contribution in [0.3, 0.4) is 0 Å². The highest BCUT2D eigenvalue weighted by Gasteiger charge is 2.46. The normalized spacial score (nSPS) is 23.9. The number of benzene rings is 2. The minimum Gasteiger partial charge on any atom is -0.494 e. The Labute approximate surface area is 196 Å². The summed E-state index contributed by atoms with van der Waals surface area (Å²) in [6.45, 7) is 5.59. The monoisotopic (exact) mass is 478 g/mol. The number of halogens is 5. The second-order valence-electron chi connectivity index (χ2n) is 8.70. The molecule has 2 aliphatic carbocycles. The van der Waals surface area contributed by atoms with Crippen LogP contribution in [0.4, 0.5) is 22.0 Å². The minimum absolute atomic E-state index is 0.0895. The van der Waals surface area contributed by atoms with Crippen LogP contribution in [0.1, 0.15) is 55.6 Å². The molecule has 4 rings (SSSR count). The molecule has 0 spiro atoms. The fraction of sp³-hybridized carbons (Fsp3) is 0.407. The van der Waals surface area contributed by atoms with Crippen LogP contribution in [0.2, 0.25) is 0 Å². The van der Waals surface area contributed by atoms with E-state index in [0.717, 1.165) is 0 Å². The molecule has 7 heteroatoms. The van der Waals surface area contributed by atoms with Gasteiger partial charge in [0, 0.05) is 30.2 Å². The lowest BCUT2D eigenvalue weighted by molar-refractivity contribution is -0.0126. The summed E-state index contributed by atoms with van der Waals surface area (Å²) in [4.78, 5) is 0. The summed E-state index contributed by atoms with van der Waals surface area (Å²) in [5.74, 6) is -1.82. The third-order valence-electron chi connectivity index (χ3n) is 6.51. The first-order valence-electron chi connectivity index (χ1n) is 11.5. The van der Waals surface area contributed by atoms with Gasteiger partial charge >= 0.3 is 0 Å². The predicted molar refractivity (Wildman–Crippen MR) is 121 cm³/mol. The van der Waals surface area contributed by atoms with Gasteiger partial charge in [0.1, 0.15) is 28.8 Å². The van der Waals surface area contributed by atoms with Crippen molar-refractivity contribution in [1.29, 1.82) is 0 Å². The lowest BCUT2D eigenvalue weighted by Gasteiger charge is -2.38. The molecule has 2 aromatic rings. The average molecular weight is 479 g/mol. The highest BCUT2D eigenvalue weighted by molar-refractivity contribution is 5.86. The van der Waals surface area contributed by atoms with Gasteiger partial charge in [-0.05, 0) is 61.9 Å². The lowest BCUT2D eigenvalue weighted by atomic mass is 9.74. The van der Waals surface area contributed by atoms with Gasteiger partial charge in [0.15, 0.2) is 12.3 Å². The van der Waals surface area contributed by atoms with Gasteiger partial charge in [-0.25, -0.2) is 22.0 Å². The van der Waals surface area contributed by atoms with E-state index >= 15 is 17.6 Å². The van der Waals surface area contributed by atoms with Crippen molar-refractivity contribution in [2.75, 3.05) is 13.2 Å². The highest BCUT2D eigenvalue weighted by atomic mass is 19.2. The molecule has 0 N–H and O–H groups in total. The zero-order valence-electron chi connectivity index (χ0n) is 19.4. The summed E-state index contributed by atoms with van der Waals surface area (Å²) in [7, 11) is 0. The van der Waals surface area contributed by atoms with Gasteiger partial charge in [0.25, 0.3) is 0 Å². The van der Waals surface area contributed by atoms with Crippen molar-refractivity contribution in [1.82, 2.24) is 0 Å². The number of aryl methyl sites for hydroxylation is 2. The number of ether oxygens (including phenoxy) is 2. The number of rotatable bonds is 7.